The minimum Gasteiger partial charge on any atom is -0.377 e. The summed E-state index contributed by atoms with van der Waals surface area (Å²) in [4.78, 5) is 71.1. The van der Waals surface area contributed by atoms with Gasteiger partial charge in [0.1, 0.15) is 19.2 Å². The van der Waals surface area contributed by atoms with Crippen molar-refractivity contribution in [3.8, 4) is 0 Å². The van der Waals surface area contributed by atoms with Crippen LogP contribution in [-0.4, -0.2) is 122 Å². The molecule has 3 N–H and O–H groups in total. The van der Waals surface area contributed by atoms with Gasteiger partial charge in [-0.3, -0.25) is 19.2 Å². The van der Waals surface area contributed by atoms with Crippen LogP contribution in [0.2, 0.25) is 0 Å². The second kappa shape index (κ2) is 15.3. The lowest BCUT2D eigenvalue weighted by Gasteiger charge is -2.39. The zero-order chi connectivity index (χ0) is 31.7. The highest BCUT2D eigenvalue weighted by Crippen LogP contribution is 2.25. The van der Waals surface area contributed by atoms with E-state index in [4.69, 9.17) is 9.47 Å². The van der Waals surface area contributed by atoms with Crippen LogP contribution in [0, 0.1) is 5.41 Å². The summed E-state index contributed by atoms with van der Waals surface area (Å²) in [6, 6.07) is 6.60. The second-order valence-corrected chi connectivity index (χ2v) is 12.7. The number of carbonyl (C=O) groups excluding carboxylic acids is 5. The molecule has 242 valence electrons. The first kappa shape index (κ1) is 33.2. The van der Waals surface area contributed by atoms with Gasteiger partial charge < -0.3 is 40.1 Å². The summed E-state index contributed by atoms with van der Waals surface area (Å²) in [6.45, 7) is 7.75. The van der Waals surface area contributed by atoms with Gasteiger partial charge in [0, 0.05) is 44.3 Å². The maximum Gasteiger partial charge on any atom is 0.319 e. The van der Waals surface area contributed by atoms with Gasteiger partial charge in [-0.2, -0.15) is 0 Å². The predicted octanol–water partition coefficient (Wildman–Crippen LogP) is 1.20. The average molecular weight is 615 g/mol. The molecule has 0 unspecified atom stereocenters. The van der Waals surface area contributed by atoms with E-state index in [1.54, 1.807) is 24.3 Å². The van der Waals surface area contributed by atoms with Crippen LogP contribution in [0.5, 0.6) is 0 Å². The van der Waals surface area contributed by atoms with Crippen molar-refractivity contribution in [3.05, 3.63) is 30.3 Å². The summed E-state index contributed by atoms with van der Waals surface area (Å²) in [5, 5.41) is 8.45. The Morgan fingerprint density at radius 3 is 2.32 bits per heavy atom. The molecule has 44 heavy (non-hydrogen) atoms. The van der Waals surface area contributed by atoms with E-state index in [1.807, 2.05) is 31.7 Å². The van der Waals surface area contributed by atoms with Crippen molar-refractivity contribution in [2.75, 3.05) is 64.5 Å². The first-order valence-electron chi connectivity index (χ1n) is 15.4. The van der Waals surface area contributed by atoms with Crippen LogP contribution in [0.1, 0.15) is 46.5 Å². The highest BCUT2D eigenvalue weighted by atomic mass is 16.5. The first-order chi connectivity index (χ1) is 21.0. The molecule has 0 bridgehead atoms. The highest BCUT2D eigenvalue weighted by molar-refractivity contribution is 5.94. The van der Waals surface area contributed by atoms with Crippen LogP contribution in [0.15, 0.2) is 30.3 Å². The number of piperidine rings is 1. The van der Waals surface area contributed by atoms with E-state index >= 15 is 0 Å². The van der Waals surface area contributed by atoms with Gasteiger partial charge >= 0.3 is 6.03 Å². The van der Waals surface area contributed by atoms with Gasteiger partial charge in [-0.25, -0.2) is 4.79 Å². The Labute approximate surface area is 259 Å². The summed E-state index contributed by atoms with van der Waals surface area (Å²) in [7, 11) is 0. The van der Waals surface area contributed by atoms with Crippen LogP contribution in [0.3, 0.4) is 0 Å². The van der Waals surface area contributed by atoms with E-state index in [0.29, 0.717) is 44.5 Å². The molecule has 1 aromatic carbocycles. The fourth-order valence-corrected chi connectivity index (χ4v) is 5.87. The standard InChI is InChI=1S/C31H46N6O7/c1-31(2,3)19-25(38)35-13-9-23(10-14-35)37-20-26(39)36-15-11-24(34-30(42)33-22-7-5-4-6-8-22)28(36)29(41)32-12-16-43-17-18-44-21-27(37)40/h4-8,23-24,28H,9-21H2,1-3H3,(H,32,41)(H2,33,34,42)/t24-,28+/m1/s1. The molecule has 3 heterocycles. The number of carbonyl (C=O) groups is 5. The smallest absolute Gasteiger partial charge is 0.319 e. The normalized spacial score (nSPS) is 23.3. The average Bonchev–Trinajstić information content (AvgIpc) is 3.39. The second-order valence-electron chi connectivity index (χ2n) is 12.7. The molecule has 0 radical (unpaired) electrons. The third-order valence-corrected chi connectivity index (χ3v) is 8.04. The molecule has 3 fully saturated rings. The van der Waals surface area contributed by atoms with Crippen LogP contribution in [-0.2, 0) is 28.7 Å². The highest BCUT2D eigenvalue weighted by Gasteiger charge is 2.44. The number of fused-ring (bicyclic) bond motifs is 1. The van der Waals surface area contributed by atoms with Crippen LogP contribution >= 0.6 is 0 Å². The van der Waals surface area contributed by atoms with Crippen LogP contribution in [0.4, 0.5) is 10.5 Å². The Hall–Kier alpha value is -3.71. The van der Waals surface area contributed by atoms with E-state index < -0.39 is 24.0 Å². The van der Waals surface area contributed by atoms with Gasteiger partial charge in [0.25, 0.3) is 0 Å². The van der Waals surface area contributed by atoms with E-state index in [0.717, 1.165) is 0 Å². The SMILES string of the molecule is CC(C)(C)CC(=O)N1CCC(N2CC(=O)N3CC[C@@H](NC(=O)Nc4ccccc4)[C@H]3C(=O)NCCOCCOCC2=O)CC1. The van der Waals surface area contributed by atoms with Crippen molar-refractivity contribution in [2.24, 2.45) is 5.41 Å². The molecule has 3 aliphatic heterocycles. The Kier molecular flexibility index (Phi) is 11.6. The molecule has 3 saturated heterocycles. The lowest BCUT2D eigenvalue weighted by Crippen LogP contribution is -2.58. The third-order valence-electron chi connectivity index (χ3n) is 8.04. The van der Waals surface area contributed by atoms with Gasteiger partial charge in [0.2, 0.25) is 23.6 Å². The molecule has 13 nitrogen and oxygen atoms in total. The van der Waals surface area contributed by atoms with E-state index in [2.05, 4.69) is 16.0 Å². The van der Waals surface area contributed by atoms with Crippen molar-refractivity contribution in [2.45, 2.75) is 64.6 Å². The number of ether oxygens (including phenoxy) is 2. The Morgan fingerprint density at radius 1 is 0.909 bits per heavy atom. The zero-order valence-electron chi connectivity index (χ0n) is 26.0. The monoisotopic (exact) mass is 614 g/mol. The number of amides is 6. The number of benzene rings is 1. The number of urea groups is 1. The van der Waals surface area contributed by atoms with Crippen LogP contribution in [0.25, 0.3) is 0 Å². The van der Waals surface area contributed by atoms with Crippen LogP contribution < -0.4 is 16.0 Å². The molecular formula is C31H46N6O7. The molecule has 0 spiro atoms. The summed E-state index contributed by atoms with van der Waals surface area (Å²) in [5.74, 6) is -1.04. The molecule has 0 aromatic heterocycles. The topological polar surface area (TPSA) is 150 Å². The van der Waals surface area contributed by atoms with Crippen molar-refractivity contribution in [3.63, 3.8) is 0 Å². The van der Waals surface area contributed by atoms with Crippen molar-refractivity contribution in [1.82, 2.24) is 25.3 Å². The molecule has 0 aliphatic carbocycles. The number of nitrogens with one attached hydrogen (secondary N) is 3. The van der Waals surface area contributed by atoms with E-state index in [1.165, 1.54) is 9.80 Å². The van der Waals surface area contributed by atoms with Gasteiger partial charge in [0.05, 0.1) is 25.9 Å². The van der Waals surface area contributed by atoms with Gasteiger partial charge in [-0.05, 0) is 36.8 Å². The maximum absolute atomic E-state index is 13.8. The van der Waals surface area contributed by atoms with Crippen molar-refractivity contribution < 1.29 is 33.4 Å². The van der Waals surface area contributed by atoms with Gasteiger partial charge in [0.15, 0.2) is 0 Å². The predicted molar refractivity (Wildman–Crippen MR) is 163 cm³/mol. The largest absolute Gasteiger partial charge is 0.377 e. The molecule has 1 aromatic rings. The van der Waals surface area contributed by atoms with E-state index in [9.17, 15) is 24.0 Å². The summed E-state index contributed by atoms with van der Waals surface area (Å²) >= 11 is 0. The number of hydrogen-bond acceptors (Lipinski definition) is 7. The maximum atomic E-state index is 13.8. The molecule has 13 heteroatoms. The molecular weight excluding hydrogens is 568 g/mol. The molecule has 3 aliphatic rings. The Bertz CT molecular complexity index is 1170. The third kappa shape index (κ3) is 9.39. The number of rotatable bonds is 4. The number of likely N-dealkylation sites (tertiary alicyclic amines) is 1. The van der Waals surface area contributed by atoms with Gasteiger partial charge in [-0.1, -0.05) is 39.0 Å². The summed E-state index contributed by atoms with van der Waals surface area (Å²) in [5.41, 5.74) is 0.473. The summed E-state index contributed by atoms with van der Waals surface area (Å²) < 4.78 is 11.1. The fraction of sp³-hybridized carbons (Fsp3) is 0.645. The van der Waals surface area contributed by atoms with E-state index in [-0.39, 0.29) is 75.2 Å². The van der Waals surface area contributed by atoms with Crippen molar-refractivity contribution in [1.29, 1.82) is 0 Å². The minimum absolute atomic E-state index is 0.0829. The molecule has 2 atom stereocenters. The first-order valence-corrected chi connectivity index (χ1v) is 15.4. The summed E-state index contributed by atoms with van der Waals surface area (Å²) in [6.07, 6.45) is 1.87. The lowest BCUT2D eigenvalue weighted by molar-refractivity contribution is -0.148. The quantitative estimate of drug-likeness (QED) is 0.461. The molecule has 4 rings (SSSR count). The van der Waals surface area contributed by atoms with Crippen molar-refractivity contribution >= 4 is 35.3 Å². The Morgan fingerprint density at radius 2 is 1.61 bits per heavy atom. The molecule has 6 amide bonds. The Balaban J connectivity index is 1.47. The number of hydrogen-bond donors (Lipinski definition) is 3. The molecule has 0 saturated carbocycles. The lowest BCUT2D eigenvalue weighted by atomic mass is 9.91. The number of anilines is 1. The fourth-order valence-electron chi connectivity index (χ4n) is 5.87. The number of nitrogens with zero attached hydrogens (tertiary/aromatic N) is 3. The van der Waals surface area contributed by atoms with Gasteiger partial charge in [-0.15, -0.1) is 0 Å². The number of para-hydroxylation sites is 1. The zero-order valence-corrected chi connectivity index (χ0v) is 26.0. The minimum atomic E-state index is -0.959.